The van der Waals surface area contributed by atoms with E-state index in [4.69, 9.17) is 5.73 Å². The van der Waals surface area contributed by atoms with Crippen molar-refractivity contribution < 1.29 is 0 Å². The standard InChI is InChI=1S/C13H18N4/c1-8(2)12-15-13(17(4)16-12)10-6-5-7-11(14)9(10)3/h5-8H,14H2,1-4H3. The number of anilines is 1. The third-order valence-corrected chi connectivity index (χ3v) is 2.91. The van der Waals surface area contributed by atoms with Gasteiger partial charge in [-0.2, -0.15) is 5.10 Å². The van der Waals surface area contributed by atoms with Gasteiger partial charge in [0.15, 0.2) is 11.6 Å². The summed E-state index contributed by atoms with van der Waals surface area (Å²) < 4.78 is 1.82. The van der Waals surface area contributed by atoms with Crippen LogP contribution in [-0.2, 0) is 7.05 Å². The van der Waals surface area contributed by atoms with Gasteiger partial charge in [-0.05, 0) is 18.6 Å². The maximum absolute atomic E-state index is 5.92. The Morgan fingerprint density at radius 3 is 2.59 bits per heavy atom. The molecule has 90 valence electrons. The van der Waals surface area contributed by atoms with Crippen molar-refractivity contribution in [3.05, 3.63) is 29.6 Å². The summed E-state index contributed by atoms with van der Waals surface area (Å²) in [4.78, 5) is 4.58. The molecule has 0 aliphatic heterocycles. The molecule has 4 nitrogen and oxygen atoms in total. The highest BCUT2D eigenvalue weighted by atomic mass is 15.3. The van der Waals surface area contributed by atoms with Gasteiger partial charge in [-0.1, -0.05) is 26.0 Å². The molecule has 0 atom stereocenters. The maximum Gasteiger partial charge on any atom is 0.158 e. The third kappa shape index (κ3) is 2.02. The van der Waals surface area contributed by atoms with Gasteiger partial charge in [-0.15, -0.1) is 0 Å². The first-order valence-corrected chi connectivity index (χ1v) is 5.77. The highest BCUT2D eigenvalue weighted by molar-refractivity contribution is 5.67. The number of rotatable bonds is 2. The molecule has 1 aromatic heterocycles. The van der Waals surface area contributed by atoms with Gasteiger partial charge in [0.25, 0.3) is 0 Å². The zero-order valence-electron chi connectivity index (χ0n) is 10.7. The van der Waals surface area contributed by atoms with Gasteiger partial charge in [0.2, 0.25) is 0 Å². The molecule has 2 aromatic rings. The van der Waals surface area contributed by atoms with Crippen molar-refractivity contribution in [3.8, 4) is 11.4 Å². The lowest BCUT2D eigenvalue weighted by molar-refractivity contribution is 0.712. The highest BCUT2D eigenvalue weighted by Gasteiger charge is 2.14. The molecule has 0 aliphatic carbocycles. The number of aryl methyl sites for hydroxylation is 1. The number of benzene rings is 1. The first-order chi connectivity index (χ1) is 8.00. The van der Waals surface area contributed by atoms with Crippen LogP contribution in [0.3, 0.4) is 0 Å². The summed E-state index contributed by atoms with van der Waals surface area (Å²) in [6.07, 6.45) is 0. The largest absolute Gasteiger partial charge is 0.398 e. The van der Waals surface area contributed by atoms with Crippen LogP contribution in [0.25, 0.3) is 11.4 Å². The summed E-state index contributed by atoms with van der Waals surface area (Å²) in [7, 11) is 1.91. The fraction of sp³-hybridized carbons (Fsp3) is 0.385. The van der Waals surface area contributed by atoms with Gasteiger partial charge in [-0.25, -0.2) is 9.67 Å². The van der Waals surface area contributed by atoms with E-state index < -0.39 is 0 Å². The van der Waals surface area contributed by atoms with Crippen molar-refractivity contribution in [3.63, 3.8) is 0 Å². The molecule has 0 spiro atoms. The summed E-state index contributed by atoms with van der Waals surface area (Å²) in [6.45, 7) is 6.19. The van der Waals surface area contributed by atoms with Crippen LogP contribution >= 0.6 is 0 Å². The Hall–Kier alpha value is -1.84. The zero-order valence-corrected chi connectivity index (χ0v) is 10.7. The maximum atomic E-state index is 5.92. The Bertz CT molecular complexity index is 540. The van der Waals surface area contributed by atoms with Crippen LogP contribution in [-0.4, -0.2) is 14.8 Å². The summed E-state index contributed by atoms with van der Waals surface area (Å²) in [6, 6.07) is 5.87. The zero-order chi connectivity index (χ0) is 12.6. The first-order valence-electron chi connectivity index (χ1n) is 5.77. The molecule has 0 saturated carbocycles. The summed E-state index contributed by atoms with van der Waals surface area (Å²) in [5.74, 6) is 2.07. The predicted molar refractivity (Wildman–Crippen MR) is 69.7 cm³/mol. The van der Waals surface area contributed by atoms with Crippen LogP contribution in [0.15, 0.2) is 18.2 Å². The molecule has 1 aromatic carbocycles. The van der Waals surface area contributed by atoms with E-state index in [2.05, 4.69) is 23.9 Å². The van der Waals surface area contributed by atoms with E-state index >= 15 is 0 Å². The summed E-state index contributed by atoms with van der Waals surface area (Å²) in [5.41, 5.74) is 8.81. The van der Waals surface area contributed by atoms with Crippen LogP contribution in [0.2, 0.25) is 0 Å². The van der Waals surface area contributed by atoms with E-state index in [1.807, 2.05) is 36.9 Å². The Morgan fingerprint density at radius 2 is 2.00 bits per heavy atom. The quantitative estimate of drug-likeness (QED) is 0.806. The fourth-order valence-electron chi connectivity index (χ4n) is 1.78. The number of hydrogen-bond donors (Lipinski definition) is 1. The van der Waals surface area contributed by atoms with Gasteiger partial charge < -0.3 is 5.73 Å². The van der Waals surface area contributed by atoms with E-state index in [1.165, 1.54) is 0 Å². The second kappa shape index (κ2) is 4.20. The Labute approximate surface area is 101 Å². The fourth-order valence-corrected chi connectivity index (χ4v) is 1.78. The Balaban J connectivity index is 2.57. The van der Waals surface area contributed by atoms with E-state index in [0.717, 1.165) is 28.5 Å². The first kappa shape index (κ1) is 11.6. The minimum Gasteiger partial charge on any atom is -0.398 e. The molecule has 0 fully saturated rings. The van der Waals surface area contributed by atoms with Crippen LogP contribution in [0.5, 0.6) is 0 Å². The van der Waals surface area contributed by atoms with Crippen LogP contribution in [0.1, 0.15) is 31.2 Å². The van der Waals surface area contributed by atoms with E-state index in [-0.39, 0.29) is 0 Å². The van der Waals surface area contributed by atoms with E-state index in [0.29, 0.717) is 5.92 Å². The minimum atomic E-state index is 0.330. The lowest BCUT2D eigenvalue weighted by Gasteiger charge is -2.06. The third-order valence-electron chi connectivity index (χ3n) is 2.91. The van der Waals surface area contributed by atoms with Crippen LogP contribution in [0, 0.1) is 6.92 Å². The van der Waals surface area contributed by atoms with Crippen molar-refractivity contribution in [2.45, 2.75) is 26.7 Å². The van der Waals surface area contributed by atoms with Gasteiger partial charge in [0.05, 0.1) is 0 Å². The smallest absolute Gasteiger partial charge is 0.158 e. The molecular formula is C13H18N4. The predicted octanol–water partition coefficient (Wildman–Crippen LogP) is 2.50. The molecule has 1 heterocycles. The van der Waals surface area contributed by atoms with Crippen molar-refractivity contribution in [2.75, 3.05) is 5.73 Å². The average molecular weight is 230 g/mol. The Morgan fingerprint density at radius 1 is 1.29 bits per heavy atom. The molecule has 0 unspecified atom stereocenters. The minimum absolute atomic E-state index is 0.330. The summed E-state index contributed by atoms with van der Waals surface area (Å²) in [5, 5.41) is 4.42. The second-order valence-corrected chi connectivity index (χ2v) is 4.59. The number of hydrogen-bond acceptors (Lipinski definition) is 3. The molecule has 2 rings (SSSR count). The van der Waals surface area contributed by atoms with E-state index in [1.54, 1.807) is 0 Å². The molecule has 0 amide bonds. The lowest BCUT2D eigenvalue weighted by atomic mass is 10.1. The van der Waals surface area contributed by atoms with Crippen molar-refractivity contribution in [1.82, 2.24) is 14.8 Å². The SMILES string of the molecule is Cc1c(N)cccc1-c1nc(C(C)C)nn1C. The number of nitrogen functional groups attached to an aromatic ring is 1. The van der Waals surface area contributed by atoms with Crippen molar-refractivity contribution in [2.24, 2.45) is 7.05 Å². The van der Waals surface area contributed by atoms with E-state index in [9.17, 15) is 0 Å². The average Bonchev–Trinajstić information content (AvgIpc) is 2.65. The number of nitrogens with zero attached hydrogens (tertiary/aromatic N) is 3. The molecule has 0 aliphatic rings. The van der Waals surface area contributed by atoms with Gasteiger partial charge in [-0.3, -0.25) is 0 Å². The second-order valence-electron chi connectivity index (χ2n) is 4.59. The molecule has 4 heteroatoms. The monoisotopic (exact) mass is 230 g/mol. The number of nitrogens with two attached hydrogens (primary N) is 1. The topological polar surface area (TPSA) is 56.7 Å². The molecule has 17 heavy (non-hydrogen) atoms. The van der Waals surface area contributed by atoms with Gasteiger partial charge >= 0.3 is 0 Å². The van der Waals surface area contributed by atoms with Crippen molar-refractivity contribution >= 4 is 5.69 Å². The van der Waals surface area contributed by atoms with Crippen molar-refractivity contribution in [1.29, 1.82) is 0 Å². The molecule has 2 N–H and O–H groups in total. The highest BCUT2D eigenvalue weighted by Crippen LogP contribution is 2.26. The molecule has 0 bridgehead atoms. The van der Waals surface area contributed by atoms with Crippen LogP contribution < -0.4 is 5.73 Å². The van der Waals surface area contributed by atoms with Gasteiger partial charge in [0.1, 0.15) is 0 Å². The normalized spacial score (nSPS) is 11.1. The Kier molecular flexibility index (Phi) is 2.88. The summed E-state index contributed by atoms with van der Waals surface area (Å²) >= 11 is 0. The molecule has 0 saturated heterocycles. The molecule has 0 radical (unpaired) electrons. The molecular weight excluding hydrogens is 212 g/mol. The van der Waals surface area contributed by atoms with Crippen LogP contribution in [0.4, 0.5) is 5.69 Å². The van der Waals surface area contributed by atoms with Gasteiger partial charge in [0, 0.05) is 24.2 Å². The lowest BCUT2D eigenvalue weighted by Crippen LogP contribution is -1.98. The number of aromatic nitrogens is 3.